The quantitative estimate of drug-likeness (QED) is 0.787. The third-order valence-electron chi connectivity index (χ3n) is 2.86. The van der Waals surface area contributed by atoms with Gasteiger partial charge in [-0.25, -0.2) is 9.78 Å². The highest BCUT2D eigenvalue weighted by molar-refractivity contribution is 9.10. The van der Waals surface area contributed by atoms with Crippen LogP contribution in [-0.2, 0) is 0 Å². The highest BCUT2D eigenvalue weighted by Crippen LogP contribution is 2.27. The van der Waals surface area contributed by atoms with Crippen LogP contribution in [0.4, 0.5) is 0 Å². The van der Waals surface area contributed by atoms with Crippen molar-refractivity contribution in [2.75, 3.05) is 0 Å². The summed E-state index contributed by atoms with van der Waals surface area (Å²) in [5, 5.41) is 9.16. The second-order valence-corrected chi connectivity index (χ2v) is 4.90. The van der Waals surface area contributed by atoms with Gasteiger partial charge in [-0.15, -0.1) is 0 Å². The Morgan fingerprint density at radius 1 is 1.16 bits per heavy atom. The molecule has 0 saturated carbocycles. The zero-order valence-corrected chi connectivity index (χ0v) is 11.3. The molecule has 0 aliphatic carbocycles. The lowest BCUT2D eigenvalue weighted by Crippen LogP contribution is -2.03. The lowest BCUT2D eigenvalue weighted by atomic mass is 10.2. The summed E-state index contributed by atoms with van der Waals surface area (Å²) in [5.41, 5.74) is 2.48. The van der Waals surface area contributed by atoms with Crippen molar-refractivity contribution in [1.29, 1.82) is 0 Å². The predicted octanol–water partition coefficient (Wildman–Crippen LogP) is 3.46. The van der Waals surface area contributed by atoms with Crippen molar-refractivity contribution < 1.29 is 9.90 Å². The van der Waals surface area contributed by atoms with Gasteiger partial charge in [0.05, 0.1) is 5.69 Å². The number of hydrogen-bond acceptors (Lipinski definition) is 2. The summed E-state index contributed by atoms with van der Waals surface area (Å²) in [6.07, 6.45) is 1.74. The normalized spacial score (nSPS) is 10.8. The molecule has 94 valence electrons. The molecule has 1 N–H and O–H groups in total. The van der Waals surface area contributed by atoms with Crippen molar-refractivity contribution in [1.82, 2.24) is 9.38 Å². The summed E-state index contributed by atoms with van der Waals surface area (Å²) >= 11 is 3.47. The van der Waals surface area contributed by atoms with Gasteiger partial charge in [-0.05, 0) is 18.2 Å². The third-order valence-corrected chi connectivity index (χ3v) is 3.55. The molecule has 2 aromatic heterocycles. The number of aromatic nitrogens is 2. The van der Waals surface area contributed by atoms with Gasteiger partial charge in [0, 0.05) is 16.2 Å². The lowest BCUT2D eigenvalue weighted by Gasteiger charge is -1.99. The molecule has 0 saturated heterocycles. The Labute approximate surface area is 117 Å². The van der Waals surface area contributed by atoms with E-state index in [1.54, 1.807) is 28.8 Å². The maximum absolute atomic E-state index is 11.2. The van der Waals surface area contributed by atoms with E-state index in [9.17, 15) is 4.79 Å². The second kappa shape index (κ2) is 4.51. The molecule has 0 amide bonds. The molecular formula is C14H9BrN2O2. The fourth-order valence-electron chi connectivity index (χ4n) is 1.98. The minimum Gasteiger partial charge on any atom is -0.477 e. The number of aromatic carboxylic acids is 1. The standard InChI is InChI=1S/C14H9BrN2O2/c15-10-5-2-1-4-9(10)11-8-17-12(14(18)19)6-3-7-13(17)16-11/h1-8H,(H,18,19). The number of imidazole rings is 1. The van der Waals surface area contributed by atoms with Gasteiger partial charge < -0.3 is 5.11 Å². The van der Waals surface area contributed by atoms with E-state index in [1.165, 1.54) is 0 Å². The van der Waals surface area contributed by atoms with Crippen LogP contribution >= 0.6 is 15.9 Å². The monoisotopic (exact) mass is 316 g/mol. The molecule has 3 rings (SSSR count). The van der Waals surface area contributed by atoms with E-state index in [2.05, 4.69) is 20.9 Å². The summed E-state index contributed by atoms with van der Waals surface area (Å²) in [5.74, 6) is -0.971. The fraction of sp³-hybridized carbons (Fsp3) is 0. The number of benzene rings is 1. The minimum atomic E-state index is -0.971. The molecule has 0 spiro atoms. The summed E-state index contributed by atoms with van der Waals surface area (Å²) < 4.78 is 2.51. The van der Waals surface area contributed by atoms with Gasteiger partial charge in [-0.2, -0.15) is 0 Å². The number of halogens is 1. The average molecular weight is 317 g/mol. The topological polar surface area (TPSA) is 54.6 Å². The molecular weight excluding hydrogens is 308 g/mol. The molecule has 3 aromatic rings. The van der Waals surface area contributed by atoms with Crippen LogP contribution in [0.5, 0.6) is 0 Å². The van der Waals surface area contributed by atoms with Crippen LogP contribution in [0, 0.1) is 0 Å². The van der Waals surface area contributed by atoms with E-state index in [0.717, 1.165) is 15.7 Å². The van der Waals surface area contributed by atoms with E-state index in [4.69, 9.17) is 5.11 Å². The van der Waals surface area contributed by atoms with Crippen LogP contribution in [0.1, 0.15) is 10.5 Å². The van der Waals surface area contributed by atoms with Crippen LogP contribution in [0.25, 0.3) is 16.9 Å². The number of pyridine rings is 1. The van der Waals surface area contributed by atoms with Crippen molar-refractivity contribution >= 4 is 27.5 Å². The van der Waals surface area contributed by atoms with E-state index in [0.29, 0.717) is 5.65 Å². The Morgan fingerprint density at radius 2 is 1.95 bits per heavy atom. The molecule has 0 bridgehead atoms. The Kier molecular flexibility index (Phi) is 2.83. The van der Waals surface area contributed by atoms with E-state index in [1.807, 2.05) is 24.3 Å². The summed E-state index contributed by atoms with van der Waals surface area (Å²) in [6.45, 7) is 0. The maximum atomic E-state index is 11.2. The predicted molar refractivity (Wildman–Crippen MR) is 75.3 cm³/mol. The minimum absolute atomic E-state index is 0.198. The largest absolute Gasteiger partial charge is 0.477 e. The van der Waals surface area contributed by atoms with Crippen molar-refractivity contribution in [3.8, 4) is 11.3 Å². The molecule has 0 fully saturated rings. The fourth-order valence-corrected chi connectivity index (χ4v) is 2.47. The summed E-state index contributed by atoms with van der Waals surface area (Å²) in [4.78, 5) is 15.6. The number of nitrogens with zero attached hydrogens (tertiary/aromatic N) is 2. The van der Waals surface area contributed by atoms with Crippen LogP contribution < -0.4 is 0 Å². The van der Waals surface area contributed by atoms with Crippen molar-refractivity contribution in [2.45, 2.75) is 0 Å². The van der Waals surface area contributed by atoms with Gasteiger partial charge in [-0.3, -0.25) is 4.40 Å². The van der Waals surface area contributed by atoms with Gasteiger partial charge in [0.15, 0.2) is 0 Å². The van der Waals surface area contributed by atoms with Crippen LogP contribution in [0.2, 0.25) is 0 Å². The number of carbonyl (C=O) groups is 1. The smallest absolute Gasteiger partial charge is 0.352 e. The van der Waals surface area contributed by atoms with Gasteiger partial charge in [0.25, 0.3) is 0 Å². The van der Waals surface area contributed by atoms with Crippen LogP contribution in [0.3, 0.4) is 0 Å². The van der Waals surface area contributed by atoms with Crippen molar-refractivity contribution in [2.24, 2.45) is 0 Å². The number of carboxylic acid groups (broad SMARTS) is 1. The Morgan fingerprint density at radius 3 is 2.68 bits per heavy atom. The van der Waals surface area contributed by atoms with Crippen LogP contribution in [0.15, 0.2) is 53.1 Å². The van der Waals surface area contributed by atoms with Crippen LogP contribution in [-0.4, -0.2) is 20.5 Å². The number of carboxylic acids is 1. The molecule has 5 heteroatoms. The summed E-state index contributed by atoms with van der Waals surface area (Å²) in [6, 6.07) is 12.7. The lowest BCUT2D eigenvalue weighted by molar-refractivity contribution is 0.0689. The van der Waals surface area contributed by atoms with E-state index < -0.39 is 5.97 Å². The Hall–Kier alpha value is -2.14. The van der Waals surface area contributed by atoms with E-state index >= 15 is 0 Å². The molecule has 0 atom stereocenters. The van der Waals surface area contributed by atoms with Gasteiger partial charge >= 0.3 is 5.97 Å². The first-order valence-electron chi connectivity index (χ1n) is 5.63. The SMILES string of the molecule is O=C(O)c1cccc2nc(-c3ccccc3Br)cn12. The molecule has 0 aliphatic rings. The Bertz CT molecular complexity index is 780. The van der Waals surface area contributed by atoms with Crippen molar-refractivity contribution in [3.63, 3.8) is 0 Å². The first-order chi connectivity index (χ1) is 9.16. The van der Waals surface area contributed by atoms with Gasteiger partial charge in [0.1, 0.15) is 11.3 Å². The zero-order valence-electron chi connectivity index (χ0n) is 9.75. The molecule has 0 aliphatic heterocycles. The summed E-state index contributed by atoms with van der Waals surface area (Å²) in [7, 11) is 0. The zero-order chi connectivity index (χ0) is 13.4. The third kappa shape index (κ3) is 2.02. The number of fused-ring (bicyclic) bond motifs is 1. The van der Waals surface area contributed by atoms with Gasteiger partial charge in [0.2, 0.25) is 0 Å². The average Bonchev–Trinajstić information content (AvgIpc) is 2.82. The van der Waals surface area contributed by atoms with Crippen molar-refractivity contribution in [3.05, 3.63) is 58.8 Å². The molecule has 0 unspecified atom stereocenters. The molecule has 1 aromatic carbocycles. The number of hydrogen-bond donors (Lipinski definition) is 1. The first-order valence-corrected chi connectivity index (χ1v) is 6.42. The molecule has 2 heterocycles. The molecule has 4 nitrogen and oxygen atoms in total. The first kappa shape index (κ1) is 11.9. The van der Waals surface area contributed by atoms with E-state index in [-0.39, 0.29) is 5.69 Å². The highest BCUT2D eigenvalue weighted by atomic mass is 79.9. The molecule has 0 radical (unpaired) electrons. The highest BCUT2D eigenvalue weighted by Gasteiger charge is 2.12. The maximum Gasteiger partial charge on any atom is 0.352 e. The molecule has 19 heavy (non-hydrogen) atoms. The Balaban J connectivity index is 2.26. The number of rotatable bonds is 2. The van der Waals surface area contributed by atoms with Gasteiger partial charge in [-0.1, -0.05) is 40.2 Å². The second-order valence-electron chi connectivity index (χ2n) is 4.05.